The van der Waals surface area contributed by atoms with Crippen LogP contribution in [0, 0.1) is 12.8 Å². The fourth-order valence-corrected chi connectivity index (χ4v) is 2.75. The zero-order valence-corrected chi connectivity index (χ0v) is 13.0. The summed E-state index contributed by atoms with van der Waals surface area (Å²) in [5.41, 5.74) is 2.76. The number of pyridine rings is 1. The Balaban J connectivity index is 1.62. The van der Waals surface area contributed by atoms with Crippen molar-refractivity contribution in [1.29, 1.82) is 0 Å². The van der Waals surface area contributed by atoms with Gasteiger partial charge in [-0.05, 0) is 36.8 Å². The maximum atomic E-state index is 12.3. The Morgan fingerprint density at radius 1 is 1.30 bits per heavy atom. The van der Waals surface area contributed by atoms with Crippen LogP contribution >= 0.6 is 0 Å². The molecule has 0 radical (unpaired) electrons. The van der Waals surface area contributed by atoms with E-state index in [2.05, 4.69) is 10.3 Å². The number of benzene rings is 1. The highest BCUT2D eigenvalue weighted by molar-refractivity contribution is 6.00. The van der Waals surface area contributed by atoms with Gasteiger partial charge in [0.1, 0.15) is 0 Å². The summed E-state index contributed by atoms with van der Waals surface area (Å²) in [6.45, 7) is 2.80. The molecule has 0 spiro atoms. The van der Waals surface area contributed by atoms with E-state index in [1.165, 1.54) is 0 Å². The molecule has 1 aliphatic heterocycles. The summed E-state index contributed by atoms with van der Waals surface area (Å²) in [4.78, 5) is 30.4. The van der Waals surface area contributed by atoms with Crippen LogP contribution in [0.1, 0.15) is 17.7 Å². The molecular formula is C18H19N3O2. The van der Waals surface area contributed by atoms with Gasteiger partial charge in [0.05, 0.1) is 18.2 Å². The van der Waals surface area contributed by atoms with E-state index >= 15 is 0 Å². The molecule has 2 heterocycles. The lowest BCUT2D eigenvalue weighted by Gasteiger charge is -2.17. The minimum Gasteiger partial charge on any atom is -0.350 e. The van der Waals surface area contributed by atoms with Gasteiger partial charge in [0.15, 0.2) is 0 Å². The highest BCUT2D eigenvalue weighted by Crippen LogP contribution is 2.25. The summed E-state index contributed by atoms with van der Waals surface area (Å²) >= 11 is 0. The zero-order chi connectivity index (χ0) is 16.2. The molecule has 5 heteroatoms. The second-order valence-electron chi connectivity index (χ2n) is 5.78. The highest BCUT2D eigenvalue weighted by Gasteiger charge is 2.34. The molecule has 1 aromatic heterocycles. The van der Waals surface area contributed by atoms with Crippen molar-refractivity contribution < 1.29 is 9.59 Å². The Kier molecular flexibility index (Phi) is 4.37. The Hall–Kier alpha value is -2.69. The molecule has 1 fully saturated rings. The molecule has 2 amide bonds. The van der Waals surface area contributed by atoms with Gasteiger partial charge < -0.3 is 10.2 Å². The summed E-state index contributed by atoms with van der Waals surface area (Å²) in [7, 11) is 0. The predicted octanol–water partition coefficient (Wildman–Crippen LogP) is 2.06. The van der Waals surface area contributed by atoms with Crippen molar-refractivity contribution >= 4 is 17.5 Å². The van der Waals surface area contributed by atoms with Crippen molar-refractivity contribution in [3.63, 3.8) is 0 Å². The third-order valence-electron chi connectivity index (χ3n) is 3.98. The van der Waals surface area contributed by atoms with Gasteiger partial charge >= 0.3 is 0 Å². The molecule has 118 valence electrons. The van der Waals surface area contributed by atoms with Crippen LogP contribution in [0.15, 0.2) is 48.7 Å². The first kappa shape index (κ1) is 15.2. The van der Waals surface area contributed by atoms with Crippen LogP contribution in [0.4, 0.5) is 5.69 Å². The highest BCUT2D eigenvalue weighted by atomic mass is 16.2. The SMILES string of the molecule is Cc1cccc(N2CC(C(=O)NCc3ccccn3)CC2=O)c1. The number of rotatable bonds is 4. The van der Waals surface area contributed by atoms with E-state index in [-0.39, 0.29) is 24.2 Å². The molecule has 1 aliphatic rings. The van der Waals surface area contributed by atoms with Crippen molar-refractivity contribution in [3.05, 3.63) is 59.9 Å². The summed E-state index contributed by atoms with van der Waals surface area (Å²) in [6.07, 6.45) is 1.95. The summed E-state index contributed by atoms with van der Waals surface area (Å²) in [6, 6.07) is 13.4. The fraction of sp³-hybridized carbons (Fsp3) is 0.278. The van der Waals surface area contributed by atoms with E-state index in [1.807, 2.05) is 49.4 Å². The first-order valence-corrected chi connectivity index (χ1v) is 7.68. The number of hydrogen-bond acceptors (Lipinski definition) is 3. The van der Waals surface area contributed by atoms with Crippen molar-refractivity contribution in [3.8, 4) is 0 Å². The van der Waals surface area contributed by atoms with Crippen LogP contribution in [-0.2, 0) is 16.1 Å². The van der Waals surface area contributed by atoms with Crippen LogP contribution in [-0.4, -0.2) is 23.3 Å². The number of aromatic nitrogens is 1. The molecule has 0 aliphatic carbocycles. The number of aryl methyl sites for hydroxylation is 1. The lowest BCUT2D eigenvalue weighted by molar-refractivity contribution is -0.126. The quantitative estimate of drug-likeness (QED) is 0.940. The minimum absolute atomic E-state index is 0.00594. The van der Waals surface area contributed by atoms with Gasteiger partial charge in [-0.15, -0.1) is 0 Å². The molecule has 0 bridgehead atoms. The average molecular weight is 309 g/mol. The molecule has 1 aromatic carbocycles. The maximum absolute atomic E-state index is 12.3. The molecule has 3 rings (SSSR count). The van der Waals surface area contributed by atoms with E-state index in [1.54, 1.807) is 11.1 Å². The van der Waals surface area contributed by atoms with Gasteiger partial charge in [0.2, 0.25) is 11.8 Å². The number of nitrogens with one attached hydrogen (secondary N) is 1. The standard InChI is InChI=1S/C18H19N3O2/c1-13-5-4-7-16(9-13)21-12-14(10-17(21)22)18(23)20-11-15-6-2-3-8-19-15/h2-9,14H,10-12H2,1H3,(H,20,23). The van der Waals surface area contributed by atoms with Gasteiger partial charge in [-0.1, -0.05) is 18.2 Å². The van der Waals surface area contributed by atoms with Crippen LogP contribution in [0.3, 0.4) is 0 Å². The second-order valence-corrected chi connectivity index (χ2v) is 5.78. The van der Waals surface area contributed by atoms with Gasteiger partial charge in [-0.25, -0.2) is 0 Å². The predicted molar refractivity (Wildman–Crippen MR) is 87.7 cm³/mol. The third-order valence-corrected chi connectivity index (χ3v) is 3.98. The maximum Gasteiger partial charge on any atom is 0.227 e. The third kappa shape index (κ3) is 3.56. The van der Waals surface area contributed by atoms with E-state index in [4.69, 9.17) is 0 Å². The van der Waals surface area contributed by atoms with Crippen molar-refractivity contribution in [1.82, 2.24) is 10.3 Å². The first-order chi connectivity index (χ1) is 11.1. The lowest BCUT2D eigenvalue weighted by atomic mass is 10.1. The van der Waals surface area contributed by atoms with Crippen LogP contribution in [0.25, 0.3) is 0 Å². The molecule has 1 N–H and O–H groups in total. The molecule has 1 saturated heterocycles. The molecule has 2 aromatic rings. The normalized spacial score (nSPS) is 17.3. The molecule has 1 atom stereocenters. The van der Waals surface area contributed by atoms with Crippen molar-refractivity contribution in [2.45, 2.75) is 19.9 Å². The summed E-state index contributed by atoms with van der Waals surface area (Å²) in [5, 5.41) is 2.86. The van der Waals surface area contributed by atoms with Gasteiger partial charge in [-0.2, -0.15) is 0 Å². The van der Waals surface area contributed by atoms with Crippen LogP contribution in [0.2, 0.25) is 0 Å². The Morgan fingerprint density at radius 3 is 2.91 bits per heavy atom. The number of carbonyl (C=O) groups is 2. The minimum atomic E-state index is -0.313. The zero-order valence-electron chi connectivity index (χ0n) is 13.0. The van der Waals surface area contributed by atoms with Gasteiger partial charge in [0, 0.05) is 24.8 Å². The summed E-state index contributed by atoms with van der Waals surface area (Å²) in [5.74, 6) is -0.417. The molecule has 23 heavy (non-hydrogen) atoms. The number of anilines is 1. The number of nitrogens with zero attached hydrogens (tertiary/aromatic N) is 2. The molecule has 5 nitrogen and oxygen atoms in total. The van der Waals surface area contributed by atoms with Crippen LogP contribution < -0.4 is 10.2 Å². The average Bonchev–Trinajstić information content (AvgIpc) is 2.95. The molecule has 1 unspecified atom stereocenters. The van der Waals surface area contributed by atoms with E-state index < -0.39 is 0 Å². The van der Waals surface area contributed by atoms with Gasteiger partial charge in [0.25, 0.3) is 0 Å². The Labute approximate surface area is 135 Å². The van der Waals surface area contributed by atoms with E-state index in [0.717, 1.165) is 16.9 Å². The monoisotopic (exact) mass is 309 g/mol. The molecule has 0 saturated carbocycles. The van der Waals surface area contributed by atoms with Crippen molar-refractivity contribution in [2.24, 2.45) is 5.92 Å². The fourth-order valence-electron chi connectivity index (χ4n) is 2.75. The smallest absolute Gasteiger partial charge is 0.227 e. The molecular weight excluding hydrogens is 290 g/mol. The van der Waals surface area contributed by atoms with Crippen molar-refractivity contribution in [2.75, 3.05) is 11.4 Å². The number of amides is 2. The first-order valence-electron chi connectivity index (χ1n) is 7.68. The lowest BCUT2D eigenvalue weighted by Crippen LogP contribution is -2.32. The second kappa shape index (κ2) is 6.60. The van der Waals surface area contributed by atoms with E-state index in [0.29, 0.717) is 13.1 Å². The number of hydrogen-bond donors (Lipinski definition) is 1. The topological polar surface area (TPSA) is 62.3 Å². The number of carbonyl (C=O) groups excluding carboxylic acids is 2. The summed E-state index contributed by atoms with van der Waals surface area (Å²) < 4.78 is 0. The van der Waals surface area contributed by atoms with Gasteiger partial charge in [-0.3, -0.25) is 14.6 Å². The Morgan fingerprint density at radius 2 is 2.17 bits per heavy atom. The Bertz CT molecular complexity index is 715. The largest absolute Gasteiger partial charge is 0.350 e. The van der Waals surface area contributed by atoms with Crippen LogP contribution in [0.5, 0.6) is 0 Å². The van der Waals surface area contributed by atoms with E-state index in [9.17, 15) is 9.59 Å².